The molecule has 3 heterocycles. The van der Waals surface area contributed by atoms with E-state index < -0.39 is 0 Å². The van der Waals surface area contributed by atoms with Gasteiger partial charge in [0.2, 0.25) is 0 Å². The lowest BCUT2D eigenvalue weighted by atomic mass is 10.1. The summed E-state index contributed by atoms with van der Waals surface area (Å²) in [5.74, 6) is 0.800. The smallest absolute Gasteiger partial charge is 0.261 e. The third kappa shape index (κ3) is 4.27. The van der Waals surface area contributed by atoms with E-state index in [1.165, 1.54) is 43.7 Å². The number of carbonyl (C=O) groups excluding carboxylic acids is 1. The largest absolute Gasteiger partial charge is 0.368 e. The molecule has 136 valence electrons. The van der Waals surface area contributed by atoms with Crippen LogP contribution in [0.5, 0.6) is 0 Å². The summed E-state index contributed by atoms with van der Waals surface area (Å²) in [5.41, 5.74) is 0.958. The number of aromatic nitrogens is 2. The van der Waals surface area contributed by atoms with Crippen molar-refractivity contribution < 1.29 is 4.79 Å². The molecule has 1 saturated heterocycles. The summed E-state index contributed by atoms with van der Waals surface area (Å²) in [7, 11) is 0. The first kappa shape index (κ1) is 18.1. The average Bonchev–Trinajstić information content (AvgIpc) is 2.93. The van der Waals surface area contributed by atoms with Crippen LogP contribution in [0.3, 0.4) is 0 Å². The van der Waals surface area contributed by atoms with E-state index in [0.29, 0.717) is 0 Å². The van der Waals surface area contributed by atoms with Gasteiger partial charge < -0.3 is 15.5 Å². The van der Waals surface area contributed by atoms with E-state index in [0.717, 1.165) is 39.6 Å². The quantitative estimate of drug-likeness (QED) is 0.828. The molecular weight excluding hydrogens is 334 g/mol. The molecule has 3 rings (SSSR count). The molecule has 0 saturated carbocycles. The van der Waals surface area contributed by atoms with Gasteiger partial charge in [-0.3, -0.25) is 4.79 Å². The van der Waals surface area contributed by atoms with Crippen molar-refractivity contribution in [2.24, 2.45) is 0 Å². The molecule has 1 fully saturated rings. The van der Waals surface area contributed by atoms with E-state index in [2.05, 4.69) is 25.5 Å². The number of hydrogen-bond donors (Lipinski definition) is 2. The van der Waals surface area contributed by atoms with Crippen molar-refractivity contribution in [3.63, 3.8) is 0 Å². The minimum Gasteiger partial charge on any atom is -0.368 e. The van der Waals surface area contributed by atoms with E-state index >= 15 is 0 Å². The Kier molecular flexibility index (Phi) is 5.86. The van der Waals surface area contributed by atoms with Gasteiger partial charge in [-0.1, -0.05) is 6.42 Å². The molecule has 6 nitrogen and oxygen atoms in total. The van der Waals surface area contributed by atoms with Crippen molar-refractivity contribution in [2.75, 3.05) is 31.5 Å². The first-order chi connectivity index (χ1) is 12.1. The molecule has 0 aliphatic carbocycles. The molecule has 0 atom stereocenters. The van der Waals surface area contributed by atoms with E-state index in [4.69, 9.17) is 0 Å². The van der Waals surface area contributed by atoms with Crippen LogP contribution in [0.2, 0.25) is 0 Å². The number of rotatable bonds is 6. The molecule has 0 spiro atoms. The number of nitrogens with zero attached hydrogens (tertiary/aromatic N) is 3. The minimum absolute atomic E-state index is 0.0326. The summed E-state index contributed by atoms with van der Waals surface area (Å²) in [5, 5.41) is 7.39. The summed E-state index contributed by atoms with van der Waals surface area (Å²) in [6, 6.07) is 0.116. The lowest BCUT2D eigenvalue weighted by Crippen LogP contribution is -2.33. The van der Waals surface area contributed by atoms with Crippen LogP contribution < -0.4 is 10.6 Å². The molecule has 2 aromatic heterocycles. The lowest BCUT2D eigenvalue weighted by molar-refractivity contribution is 0.0947. The molecule has 0 unspecified atom stereocenters. The fraction of sp³-hybridized carbons (Fsp3) is 0.611. The predicted molar refractivity (Wildman–Crippen MR) is 104 cm³/mol. The molecule has 7 heteroatoms. The van der Waals surface area contributed by atoms with Crippen molar-refractivity contribution in [1.29, 1.82) is 0 Å². The van der Waals surface area contributed by atoms with E-state index in [1.54, 1.807) is 6.33 Å². The molecule has 0 bridgehead atoms. The first-order valence-corrected chi connectivity index (χ1v) is 9.89. The van der Waals surface area contributed by atoms with Crippen molar-refractivity contribution in [1.82, 2.24) is 20.2 Å². The number of amides is 1. The summed E-state index contributed by atoms with van der Waals surface area (Å²) in [4.78, 5) is 25.3. The maximum absolute atomic E-state index is 12.4. The molecule has 1 amide bonds. The van der Waals surface area contributed by atoms with Gasteiger partial charge in [0.25, 0.3) is 5.91 Å². The second-order valence-electron chi connectivity index (χ2n) is 6.92. The van der Waals surface area contributed by atoms with Gasteiger partial charge in [-0.25, -0.2) is 9.97 Å². The number of carbonyl (C=O) groups is 1. The molecule has 25 heavy (non-hydrogen) atoms. The van der Waals surface area contributed by atoms with E-state index in [-0.39, 0.29) is 11.9 Å². The van der Waals surface area contributed by atoms with Gasteiger partial charge >= 0.3 is 0 Å². The average molecular weight is 362 g/mol. The molecule has 2 N–H and O–H groups in total. The third-order valence-electron chi connectivity index (χ3n) is 4.52. The van der Waals surface area contributed by atoms with Crippen LogP contribution >= 0.6 is 11.3 Å². The molecular formula is C18H27N5OS. The van der Waals surface area contributed by atoms with Crippen LogP contribution in [0.15, 0.2) is 6.33 Å². The highest BCUT2D eigenvalue weighted by molar-refractivity contribution is 7.20. The first-order valence-electron chi connectivity index (χ1n) is 9.07. The molecule has 2 aromatic rings. The summed E-state index contributed by atoms with van der Waals surface area (Å²) in [6.07, 6.45) is 5.53. The van der Waals surface area contributed by atoms with Gasteiger partial charge in [0.05, 0.1) is 10.3 Å². The maximum Gasteiger partial charge on any atom is 0.261 e. The van der Waals surface area contributed by atoms with Crippen LogP contribution in [0.25, 0.3) is 10.2 Å². The van der Waals surface area contributed by atoms with Crippen LogP contribution in [-0.2, 0) is 0 Å². The highest BCUT2D eigenvalue weighted by Gasteiger charge is 2.19. The zero-order chi connectivity index (χ0) is 17.8. The number of anilines is 1. The minimum atomic E-state index is -0.0326. The van der Waals surface area contributed by atoms with Gasteiger partial charge in [0, 0.05) is 19.1 Å². The van der Waals surface area contributed by atoms with Gasteiger partial charge in [-0.2, -0.15) is 0 Å². The Balaban J connectivity index is 1.74. The number of nitrogens with one attached hydrogen (secondary N) is 2. The maximum atomic E-state index is 12.4. The Bertz CT molecular complexity index is 736. The number of hydrogen-bond acceptors (Lipinski definition) is 6. The monoisotopic (exact) mass is 361 g/mol. The number of piperidine rings is 1. The number of aryl methyl sites for hydroxylation is 1. The highest BCUT2D eigenvalue weighted by Crippen LogP contribution is 2.33. The van der Waals surface area contributed by atoms with Crippen molar-refractivity contribution in [2.45, 2.75) is 46.1 Å². The fourth-order valence-electron chi connectivity index (χ4n) is 3.27. The van der Waals surface area contributed by atoms with Crippen molar-refractivity contribution in [3.8, 4) is 0 Å². The molecule has 0 aromatic carbocycles. The summed E-state index contributed by atoms with van der Waals surface area (Å²) in [6.45, 7) is 10.2. The van der Waals surface area contributed by atoms with Gasteiger partial charge in [-0.05, 0) is 52.3 Å². The summed E-state index contributed by atoms with van der Waals surface area (Å²) >= 11 is 1.44. The second kappa shape index (κ2) is 8.10. The molecule has 1 aliphatic heterocycles. The standard InChI is InChI=1S/C18H27N5OS/c1-12(2)22-17(24)15-13(3)14-16(20-11-21-18(14)25-15)19-7-10-23-8-5-4-6-9-23/h11-12H,4-10H2,1-3H3,(H,22,24)(H,19,20,21). The van der Waals surface area contributed by atoms with Gasteiger partial charge in [-0.15, -0.1) is 11.3 Å². The number of thiophene rings is 1. The second-order valence-corrected chi connectivity index (χ2v) is 7.91. The lowest BCUT2D eigenvalue weighted by Gasteiger charge is -2.26. The normalized spacial score (nSPS) is 15.7. The van der Waals surface area contributed by atoms with Crippen LogP contribution in [0.4, 0.5) is 5.82 Å². The van der Waals surface area contributed by atoms with Crippen LogP contribution in [0.1, 0.15) is 48.3 Å². The topological polar surface area (TPSA) is 70.1 Å². The van der Waals surface area contributed by atoms with Crippen molar-refractivity contribution in [3.05, 3.63) is 16.8 Å². The molecule has 1 aliphatic rings. The zero-order valence-corrected chi connectivity index (χ0v) is 16.1. The summed E-state index contributed by atoms with van der Waals surface area (Å²) < 4.78 is 0. The zero-order valence-electron chi connectivity index (χ0n) is 15.3. The third-order valence-corrected chi connectivity index (χ3v) is 5.72. The van der Waals surface area contributed by atoms with Gasteiger partial charge in [0.1, 0.15) is 17.0 Å². The highest BCUT2D eigenvalue weighted by atomic mass is 32.1. The molecule has 0 radical (unpaired) electrons. The number of fused-ring (bicyclic) bond motifs is 1. The number of likely N-dealkylation sites (tertiary alicyclic amines) is 1. The predicted octanol–water partition coefficient (Wildman–Crippen LogP) is 3.04. The van der Waals surface area contributed by atoms with Crippen molar-refractivity contribution >= 4 is 33.3 Å². The Labute approximate surface area is 153 Å². The van der Waals surface area contributed by atoms with Gasteiger partial charge in [0.15, 0.2) is 0 Å². The van der Waals surface area contributed by atoms with Crippen LogP contribution in [-0.4, -0.2) is 53.0 Å². The van der Waals surface area contributed by atoms with Crippen LogP contribution in [0, 0.1) is 6.92 Å². The Morgan fingerprint density at radius 1 is 1.28 bits per heavy atom. The SMILES string of the molecule is Cc1c(C(=O)NC(C)C)sc2ncnc(NCCN3CCCCC3)c12. The fourth-order valence-corrected chi connectivity index (χ4v) is 4.32. The van der Waals surface area contributed by atoms with E-state index in [9.17, 15) is 4.79 Å². The van der Waals surface area contributed by atoms with E-state index in [1.807, 2.05) is 20.8 Å². The Hall–Kier alpha value is -1.73. The Morgan fingerprint density at radius 2 is 2.04 bits per heavy atom. The Morgan fingerprint density at radius 3 is 2.76 bits per heavy atom.